The van der Waals surface area contributed by atoms with Crippen LogP contribution in [0.1, 0.15) is 25.3 Å². The SMILES string of the molecule is C#CCC(CC)NCc1ccc(-n2ccnc2)cc1. The summed E-state index contributed by atoms with van der Waals surface area (Å²) in [6.45, 7) is 3.00. The minimum atomic E-state index is 0.401. The van der Waals surface area contributed by atoms with Crippen LogP contribution < -0.4 is 5.32 Å². The monoisotopic (exact) mass is 253 g/mol. The minimum Gasteiger partial charge on any atom is -0.309 e. The average molecular weight is 253 g/mol. The van der Waals surface area contributed by atoms with Crippen LogP contribution >= 0.6 is 0 Å². The highest BCUT2D eigenvalue weighted by Crippen LogP contribution is 2.09. The lowest BCUT2D eigenvalue weighted by atomic mass is 10.1. The van der Waals surface area contributed by atoms with Gasteiger partial charge in [0.2, 0.25) is 0 Å². The normalized spacial score (nSPS) is 12.0. The quantitative estimate of drug-likeness (QED) is 0.802. The van der Waals surface area contributed by atoms with E-state index in [2.05, 4.69) is 47.4 Å². The molecule has 0 spiro atoms. The van der Waals surface area contributed by atoms with Crippen molar-refractivity contribution in [3.8, 4) is 18.0 Å². The first-order chi connectivity index (χ1) is 9.33. The van der Waals surface area contributed by atoms with Gasteiger partial charge in [0.1, 0.15) is 0 Å². The molecule has 0 radical (unpaired) electrons. The summed E-state index contributed by atoms with van der Waals surface area (Å²) in [5.74, 6) is 2.71. The Labute approximate surface area is 114 Å². The first-order valence-electron chi connectivity index (χ1n) is 6.57. The van der Waals surface area contributed by atoms with E-state index in [-0.39, 0.29) is 0 Å². The van der Waals surface area contributed by atoms with Gasteiger partial charge >= 0.3 is 0 Å². The number of benzene rings is 1. The molecule has 0 aliphatic heterocycles. The zero-order valence-electron chi connectivity index (χ0n) is 11.2. The van der Waals surface area contributed by atoms with Gasteiger partial charge in [0.15, 0.2) is 0 Å². The van der Waals surface area contributed by atoms with Crippen molar-refractivity contribution < 1.29 is 0 Å². The van der Waals surface area contributed by atoms with Crippen LogP contribution in [-0.2, 0) is 6.54 Å². The van der Waals surface area contributed by atoms with Crippen molar-refractivity contribution in [2.75, 3.05) is 0 Å². The van der Waals surface area contributed by atoms with Crippen molar-refractivity contribution in [1.29, 1.82) is 0 Å². The van der Waals surface area contributed by atoms with E-state index in [9.17, 15) is 0 Å². The van der Waals surface area contributed by atoms with E-state index in [1.165, 1.54) is 5.56 Å². The minimum absolute atomic E-state index is 0.401. The topological polar surface area (TPSA) is 29.9 Å². The number of rotatable bonds is 6. The van der Waals surface area contributed by atoms with Crippen molar-refractivity contribution in [3.63, 3.8) is 0 Å². The third-order valence-corrected chi connectivity index (χ3v) is 3.19. The van der Waals surface area contributed by atoms with Crippen molar-refractivity contribution in [1.82, 2.24) is 14.9 Å². The molecule has 2 aromatic rings. The Kier molecular flexibility index (Phi) is 4.77. The maximum absolute atomic E-state index is 5.35. The Bertz CT molecular complexity index is 520. The van der Waals surface area contributed by atoms with E-state index >= 15 is 0 Å². The molecule has 0 bridgehead atoms. The molecule has 3 heteroatoms. The standard InChI is InChI=1S/C16H19N3/c1-3-5-15(4-2)18-12-14-6-8-16(9-7-14)19-11-10-17-13-19/h1,6-11,13,15,18H,4-5,12H2,2H3. The van der Waals surface area contributed by atoms with Crippen LogP contribution in [0.4, 0.5) is 0 Å². The van der Waals surface area contributed by atoms with E-state index in [0.29, 0.717) is 6.04 Å². The van der Waals surface area contributed by atoms with Gasteiger partial charge in [0.25, 0.3) is 0 Å². The summed E-state index contributed by atoms with van der Waals surface area (Å²) in [6, 6.07) is 8.86. The van der Waals surface area contributed by atoms with Gasteiger partial charge in [0.05, 0.1) is 6.33 Å². The Morgan fingerprint density at radius 3 is 2.74 bits per heavy atom. The van der Waals surface area contributed by atoms with Crippen LogP contribution in [0.25, 0.3) is 5.69 Å². The van der Waals surface area contributed by atoms with Crippen molar-refractivity contribution >= 4 is 0 Å². The molecule has 0 saturated carbocycles. The van der Waals surface area contributed by atoms with E-state index in [1.807, 2.05) is 10.8 Å². The van der Waals surface area contributed by atoms with Gasteiger partial charge in [-0.05, 0) is 24.1 Å². The highest BCUT2D eigenvalue weighted by molar-refractivity contribution is 5.34. The molecule has 1 heterocycles. The summed E-state index contributed by atoms with van der Waals surface area (Å²) >= 11 is 0. The van der Waals surface area contributed by atoms with Gasteiger partial charge in [-0.1, -0.05) is 19.1 Å². The number of imidazole rings is 1. The van der Waals surface area contributed by atoms with Crippen LogP contribution in [0.3, 0.4) is 0 Å². The summed E-state index contributed by atoms with van der Waals surface area (Å²) in [4.78, 5) is 4.04. The molecule has 1 aromatic heterocycles. The van der Waals surface area contributed by atoms with Crippen molar-refractivity contribution in [2.45, 2.75) is 32.4 Å². The summed E-state index contributed by atoms with van der Waals surface area (Å²) in [7, 11) is 0. The Morgan fingerprint density at radius 2 is 2.16 bits per heavy atom. The average Bonchev–Trinajstić information content (AvgIpc) is 2.98. The fourth-order valence-corrected chi connectivity index (χ4v) is 1.96. The summed E-state index contributed by atoms with van der Waals surface area (Å²) in [5, 5.41) is 3.48. The first-order valence-corrected chi connectivity index (χ1v) is 6.57. The lowest BCUT2D eigenvalue weighted by molar-refractivity contribution is 0.507. The molecule has 98 valence electrons. The molecule has 3 nitrogen and oxygen atoms in total. The van der Waals surface area contributed by atoms with Crippen molar-refractivity contribution in [3.05, 3.63) is 48.5 Å². The predicted octanol–water partition coefficient (Wildman–Crippen LogP) is 2.76. The molecule has 1 unspecified atom stereocenters. The Morgan fingerprint density at radius 1 is 1.37 bits per heavy atom. The van der Waals surface area contributed by atoms with Gasteiger partial charge in [-0.15, -0.1) is 12.3 Å². The van der Waals surface area contributed by atoms with Crippen LogP contribution in [0, 0.1) is 12.3 Å². The second kappa shape index (κ2) is 6.77. The molecule has 1 atom stereocenters. The predicted molar refractivity (Wildman–Crippen MR) is 77.9 cm³/mol. The third-order valence-electron chi connectivity index (χ3n) is 3.19. The molecule has 0 fully saturated rings. The van der Waals surface area contributed by atoms with Gasteiger partial charge in [-0.25, -0.2) is 4.98 Å². The van der Waals surface area contributed by atoms with E-state index in [4.69, 9.17) is 6.42 Å². The summed E-state index contributed by atoms with van der Waals surface area (Å²) < 4.78 is 1.99. The van der Waals surface area contributed by atoms with Crippen LogP contribution in [-0.4, -0.2) is 15.6 Å². The van der Waals surface area contributed by atoms with Gasteiger partial charge < -0.3 is 9.88 Å². The zero-order valence-corrected chi connectivity index (χ0v) is 11.2. The molecule has 1 aromatic carbocycles. The second-order valence-electron chi connectivity index (χ2n) is 4.53. The fraction of sp³-hybridized carbons (Fsp3) is 0.312. The number of aromatic nitrogens is 2. The molecular formula is C16H19N3. The van der Waals surface area contributed by atoms with Crippen LogP contribution in [0.2, 0.25) is 0 Å². The number of terminal acetylenes is 1. The van der Waals surface area contributed by atoms with Crippen LogP contribution in [0.5, 0.6) is 0 Å². The van der Waals surface area contributed by atoms with Crippen molar-refractivity contribution in [2.24, 2.45) is 0 Å². The van der Waals surface area contributed by atoms with E-state index in [1.54, 1.807) is 12.5 Å². The highest BCUT2D eigenvalue weighted by Gasteiger charge is 2.03. The summed E-state index contributed by atoms with van der Waals surface area (Å²) in [6.07, 6.45) is 12.7. The van der Waals surface area contributed by atoms with Gasteiger partial charge in [-0.3, -0.25) is 0 Å². The van der Waals surface area contributed by atoms with Gasteiger partial charge in [-0.2, -0.15) is 0 Å². The highest BCUT2D eigenvalue weighted by atomic mass is 15.0. The second-order valence-corrected chi connectivity index (χ2v) is 4.53. The first kappa shape index (κ1) is 13.4. The maximum atomic E-state index is 5.35. The Balaban J connectivity index is 1.94. The smallest absolute Gasteiger partial charge is 0.0991 e. The number of nitrogens with one attached hydrogen (secondary N) is 1. The lowest BCUT2D eigenvalue weighted by Crippen LogP contribution is -2.27. The van der Waals surface area contributed by atoms with Gasteiger partial charge in [0, 0.05) is 37.1 Å². The summed E-state index contributed by atoms with van der Waals surface area (Å²) in [5.41, 5.74) is 2.39. The van der Waals surface area contributed by atoms with E-state index < -0.39 is 0 Å². The zero-order chi connectivity index (χ0) is 13.5. The molecule has 2 rings (SSSR count). The number of hydrogen-bond acceptors (Lipinski definition) is 2. The largest absolute Gasteiger partial charge is 0.309 e. The maximum Gasteiger partial charge on any atom is 0.0991 e. The van der Waals surface area contributed by atoms with Crippen LogP contribution in [0.15, 0.2) is 43.0 Å². The number of hydrogen-bond donors (Lipinski definition) is 1. The Hall–Kier alpha value is -2.05. The molecule has 1 N–H and O–H groups in total. The third kappa shape index (κ3) is 3.70. The molecule has 0 saturated heterocycles. The molecule has 0 aliphatic rings. The lowest BCUT2D eigenvalue weighted by Gasteiger charge is -2.14. The molecular weight excluding hydrogens is 234 g/mol. The molecule has 19 heavy (non-hydrogen) atoms. The molecule has 0 amide bonds. The van der Waals surface area contributed by atoms with E-state index in [0.717, 1.165) is 25.1 Å². The fourth-order valence-electron chi connectivity index (χ4n) is 1.96. The number of nitrogens with zero attached hydrogens (tertiary/aromatic N) is 2. The molecule has 0 aliphatic carbocycles.